The van der Waals surface area contributed by atoms with Crippen LogP contribution in [0, 0.1) is 24.7 Å². The van der Waals surface area contributed by atoms with E-state index in [1.54, 1.807) is 60.7 Å². The number of nitrogens with zero attached hydrogens (tertiary/aromatic N) is 2. The summed E-state index contributed by atoms with van der Waals surface area (Å²) >= 11 is 12.5. The highest BCUT2D eigenvalue weighted by Gasteiger charge is 2.50. The third kappa shape index (κ3) is 5.20. The van der Waals surface area contributed by atoms with Crippen LogP contribution in [0.4, 0.5) is 5.69 Å². The van der Waals surface area contributed by atoms with E-state index in [9.17, 15) is 19.2 Å². The molecule has 1 fully saturated rings. The van der Waals surface area contributed by atoms with Crippen molar-refractivity contribution in [2.75, 3.05) is 4.90 Å². The molecule has 0 bridgehead atoms. The van der Waals surface area contributed by atoms with Crippen LogP contribution in [-0.4, -0.2) is 34.7 Å². The first-order valence-electron chi connectivity index (χ1n) is 14.3. The van der Waals surface area contributed by atoms with E-state index in [1.165, 1.54) is 17.9 Å². The summed E-state index contributed by atoms with van der Waals surface area (Å²) in [5.41, 5.74) is 3.34. The number of ketones is 1. The molecule has 7 nitrogen and oxygen atoms in total. The molecule has 4 atom stereocenters. The quantitative estimate of drug-likeness (QED) is 0.0944. The number of carbonyl (C=O) groups excluding carboxylic acids is 4. The molecule has 4 aromatic rings. The highest BCUT2D eigenvalue weighted by Crippen LogP contribution is 2.41. The standard InChI is InChI=1S/C35H28Cl2N2O5/c1-18-6-4-9-26-30(18)34(42)39(33(26)41)24-12-10-21(11-13-24)29-17-27(25-14-15-28(37)19(2)31(25)38-29)35(43)44-20(3)32(40)22-7-5-8-23(36)16-22/h4-8,10-18,20,26,30H,9H2,1-3H3. The van der Waals surface area contributed by atoms with Crippen LogP contribution < -0.4 is 4.90 Å². The minimum atomic E-state index is -1.07. The molecule has 2 heterocycles. The van der Waals surface area contributed by atoms with Crippen molar-refractivity contribution >= 4 is 63.4 Å². The monoisotopic (exact) mass is 626 g/mol. The van der Waals surface area contributed by atoms with Gasteiger partial charge in [0, 0.05) is 26.6 Å². The fourth-order valence-corrected chi connectivity index (χ4v) is 6.40. The van der Waals surface area contributed by atoms with Gasteiger partial charge < -0.3 is 4.74 Å². The van der Waals surface area contributed by atoms with Gasteiger partial charge in [0.25, 0.3) is 0 Å². The number of benzene rings is 3. The largest absolute Gasteiger partial charge is 0.451 e. The SMILES string of the molecule is Cc1c(Cl)ccc2c(C(=O)OC(C)C(=O)c3cccc(Cl)c3)cc(-c3ccc(N4C(=O)C5CC=CC(C)C5C4=O)cc3)nc12. The zero-order valence-corrected chi connectivity index (χ0v) is 25.7. The molecule has 3 aromatic carbocycles. The second kappa shape index (κ2) is 11.6. The molecule has 1 saturated heterocycles. The highest BCUT2D eigenvalue weighted by atomic mass is 35.5. The van der Waals surface area contributed by atoms with Gasteiger partial charge in [-0.25, -0.2) is 9.78 Å². The van der Waals surface area contributed by atoms with Gasteiger partial charge in [-0.2, -0.15) is 0 Å². The van der Waals surface area contributed by atoms with Crippen molar-refractivity contribution in [3.05, 3.63) is 106 Å². The van der Waals surface area contributed by atoms with Gasteiger partial charge in [0.2, 0.25) is 17.6 Å². The van der Waals surface area contributed by atoms with E-state index in [0.29, 0.717) is 55.4 Å². The summed E-state index contributed by atoms with van der Waals surface area (Å²) < 4.78 is 5.65. The zero-order chi connectivity index (χ0) is 31.3. The number of Topliss-reactive ketones (excluding diaryl/α,β-unsaturated/α-hetero) is 1. The van der Waals surface area contributed by atoms with Gasteiger partial charge in [-0.05, 0) is 68.1 Å². The van der Waals surface area contributed by atoms with Gasteiger partial charge in [0.05, 0.1) is 34.3 Å². The number of rotatable bonds is 6. The highest BCUT2D eigenvalue weighted by molar-refractivity contribution is 6.32. The average Bonchev–Trinajstić information content (AvgIpc) is 3.28. The van der Waals surface area contributed by atoms with Crippen LogP contribution in [0.25, 0.3) is 22.2 Å². The fourth-order valence-electron chi connectivity index (χ4n) is 6.06. The summed E-state index contributed by atoms with van der Waals surface area (Å²) in [5.74, 6) is -2.17. The van der Waals surface area contributed by atoms with Crippen LogP contribution in [0.1, 0.15) is 46.5 Å². The minimum Gasteiger partial charge on any atom is -0.451 e. The van der Waals surface area contributed by atoms with Gasteiger partial charge in [-0.1, -0.05) is 72.6 Å². The predicted molar refractivity (Wildman–Crippen MR) is 170 cm³/mol. The first kappa shape index (κ1) is 29.7. The van der Waals surface area contributed by atoms with Crippen LogP contribution in [0.2, 0.25) is 10.0 Å². The number of halogens is 2. The van der Waals surface area contributed by atoms with Crippen LogP contribution in [0.3, 0.4) is 0 Å². The number of imide groups is 1. The summed E-state index contributed by atoms with van der Waals surface area (Å²) in [6.07, 6.45) is 3.45. The van der Waals surface area contributed by atoms with Crippen LogP contribution in [-0.2, 0) is 14.3 Å². The minimum absolute atomic E-state index is 0.00646. The van der Waals surface area contributed by atoms with Gasteiger partial charge in [0.15, 0.2) is 6.10 Å². The number of allylic oxidation sites excluding steroid dienone is 2. The smallest absolute Gasteiger partial charge is 0.339 e. The number of esters is 1. The lowest BCUT2D eigenvalue weighted by atomic mass is 9.78. The second-order valence-electron chi connectivity index (χ2n) is 11.3. The first-order chi connectivity index (χ1) is 21.0. The molecule has 1 aliphatic carbocycles. The molecular weight excluding hydrogens is 599 g/mol. The Morgan fingerprint density at radius 1 is 1.00 bits per heavy atom. The van der Waals surface area contributed by atoms with E-state index in [1.807, 2.05) is 26.0 Å². The normalized spacial score (nSPS) is 20.1. The Labute approximate surface area is 264 Å². The predicted octanol–water partition coefficient (Wildman–Crippen LogP) is 7.65. The molecule has 9 heteroatoms. The number of aromatic nitrogens is 1. The average molecular weight is 628 g/mol. The number of anilines is 1. The third-order valence-corrected chi connectivity index (χ3v) is 9.09. The number of ether oxygens (including phenoxy) is 1. The molecule has 0 N–H and O–H groups in total. The molecule has 6 rings (SSSR count). The molecule has 1 aliphatic heterocycles. The van der Waals surface area contributed by atoms with E-state index in [4.69, 9.17) is 32.9 Å². The summed E-state index contributed by atoms with van der Waals surface area (Å²) in [7, 11) is 0. The molecule has 2 aliphatic rings. The lowest BCUT2D eigenvalue weighted by molar-refractivity contribution is -0.122. The summed E-state index contributed by atoms with van der Waals surface area (Å²) in [6, 6.07) is 18.4. The van der Waals surface area contributed by atoms with Crippen molar-refractivity contribution in [3.8, 4) is 11.3 Å². The van der Waals surface area contributed by atoms with Gasteiger partial charge >= 0.3 is 5.97 Å². The molecule has 1 aromatic heterocycles. The first-order valence-corrected chi connectivity index (χ1v) is 15.1. The molecule has 0 saturated carbocycles. The molecule has 0 radical (unpaired) electrons. The number of amides is 2. The van der Waals surface area contributed by atoms with Crippen molar-refractivity contribution in [3.63, 3.8) is 0 Å². The second-order valence-corrected chi connectivity index (χ2v) is 12.1. The lowest BCUT2D eigenvalue weighted by Crippen LogP contribution is -2.31. The van der Waals surface area contributed by atoms with E-state index in [2.05, 4.69) is 0 Å². The Kier molecular flexibility index (Phi) is 7.86. The Hall–Kier alpha value is -4.33. The van der Waals surface area contributed by atoms with Crippen LogP contribution in [0.15, 0.2) is 78.9 Å². The summed E-state index contributed by atoms with van der Waals surface area (Å²) in [5, 5.41) is 1.41. The van der Waals surface area contributed by atoms with Crippen molar-refractivity contribution in [2.45, 2.75) is 33.3 Å². The van der Waals surface area contributed by atoms with E-state index in [0.717, 1.165) is 0 Å². The summed E-state index contributed by atoms with van der Waals surface area (Å²) in [4.78, 5) is 59.1. The maximum absolute atomic E-state index is 13.6. The molecular formula is C35H28Cl2N2O5. The molecule has 0 spiro atoms. The van der Waals surface area contributed by atoms with Gasteiger partial charge in [0.1, 0.15) is 0 Å². The Morgan fingerprint density at radius 3 is 2.45 bits per heavy atom. The number of fused-ring (bicyclic) bond motifs is 2. The lowest BCUT2D eigenvalue weighted by Gasteiger charge is -2.22. The maximum Gasteiger partial charge on any atom is 0.339 e. The van der Waals surface area contributed by atoms with E-state index < -0.39 is 12.1 Å². The molecule has 222 valence electrons. The van der Waals surface area contributed by atoms with Crippen molar-refractivity contribution < 1.29 is 23.9 Å². The number of aryl methyl sites for hydroxylation is 1. The van der Waals surface area contributed by atoms with Crippen molar-refractivity contribution in [2.24, 2.45) is 17.8 Å². The molecule has 2 amide bonds. The topological polar surface area (TPSA) is 93.6 Å². The Balaban J connectivity index is 1.33. The third-order valence-electron chi connectivity index (χ3n) is 8.44. The van der Waals surface area contributed by atoms with Crippen LogP contribution >= 0.6 is 23.2 Å². The Bertz CT molecular complexity index is 1880. The number of carbonyl (C=O) groups is 4. The van der Waals surface area contributed by atoms with Gasteiger partial charge in [-0.3, -0.25) is 19.3 Å². The fraction of sp³-hybridized carbons (Fsp3) is 0.229. The number of pyridine rings is 1. The van der Waals surface area contributed by atoms with Gasteiger partial charge in [-0.15, -0.1) is 0 Å². The van der Waals surface area contributed by atoms with E-state index in [-0.39, 0.29) is 40.9 Å². The number of hydrogen-bond donors (Lipinski definition) is 0. The molecule has 4 unspecified atom stereocenters. The zero-order valence-electron chi connectivity index (χ0n) is 24.2. The maximum atomic E-state index is 13.6. The Morgan fingerprint density at radius 2 is 1.75 bits per heavy atom. The van der Waals surface area contributed by atoms with Crippen molar-refractivity contribution in [1.29, 1.82) is 0 Å². The van der Waals surface area contributed by atoms with Crippen molar-refractivity contribution in [1.82, 2.24) is 4.98 Å². The number of hydrogen-bond acceptors (Lipinski definition) is 6. The molecule has 44 heavy (non-hydrogen) atoms. The van der Waals surface area contributed by atoms with Crippen LogP contribution in [0.5, 0.6) is 0 Å². The summed E-state index contributed by atoms with van der Waals surface area (Å²) in [6.45, 7) is 5.28. The van der Waals surface area contributed by atoms with E-state index >= 15 is 0 Å².